The average Bonchev–Trinajstić information content (AvgIpc) is 3.79. The topological polar surface area (TPSA) is 30.7 Å². The fraction of sp³-hybridized carbons (Fsp3) is 0. The van der Waals surface area contributed by atoms with Gasteiger partial charge in [0.25, 0.3) is 0 Å². The van der Waals surface area contributed by atoms with Crippen LogP contribution in [-0.4, -0.2) is 14.5 Å². The minimum Gasteiger partial charge on any atom is -0.309 e. The third kappa shape index (κ3) is 4.96. The van der Waals surface area contributed by atoms with Crippen molar-refractivity contribution in [3.8, 4) is 50.6 Å². The number of fused-ring (bicyclic) bond motifs is 8. The minimum atomic E-state index is 0.719. The molecule has 0 N–H and O–H groups in total. The molecule has 3 aromatic heterocycles. The van der Waals surface area contributed by atoms with Crippen LogP contribution in [0.25, 0.3) is 103 Å². The molecular formula is C50H31N3S. The van der Waals surface area contributed by atoms with Gasteiger partial charge in [-0.15, -0.1) is 11.3 Å². The molecule has 8 aromatic carbocycles. The highest BCUT2D eigenvalue weighted by molar-refractivity contribution is 7.26. The molecule has 0 aliphatic heterocycles. The number of rotatable bonds is 5. The fourth-order valence-electron chi connectivity index (χ4n) is 8.08. The Kier molecular flexibility index (Phi) is 7.04. The van der Waals surface area contributed by atoms with Gasteiger partial charge in [-0.05, 0) is 82.9 Å². The zero-order valence-electron chi connectivity index (χ0n) is 29.1. The molecule has 0 fully saturated rings. The van der Waals surface area contributed by atoms with Crippen LogP contribution in [0, 0.1) is 0 Å². The van der Waals surface area contributed by atoms with Crippen molar-refractivity contribution in [2.75, 3.05) is 0 Å². The van der Waals surface area contributed by atoms with Gasteiger partial charge >= 0.3 is 0 Å². The third-order valence-corrected chi connectivity index (χ3v) is 11.7. The van der Waals surface area contributed by atoms with E-state index in [-0.39, 0.29) is 0 Å². The smallest absolute Gasteiger partial charge is 0.160 e. The lowest BCUT2D eigenvalue weighted by Gasteiger charge is -2.12. The Morgan fingerprint density at radius 2 is 0.963 bits per heavy atom. The second-order valence-electron chi connectivity index (χ2n) is 13.8. The number of hydrogen-bond acceptors (Lipinski definition) is 3. The molecule has 0 spiro atoms. The van der Waals surface area contributed by atoms with Gasteiger partial charge in [-0.2, -0.15) is 0 Å². The predicted octanol–water partition coefficient (Wildman–Crippen LogP) is 13.8. The summed E-state index contributed by atoms with van der Waals surface area (Å²) in [5.41, 5.74) is 12.2. The van der Waals surface area contributed by atoms with E-state index in [1.807, 2.05) is 11.3 Å². The second-order valence-corrected chi connectivity index (χ2v) is 14.9. The van der Waals surface area contributed by atoms with Crippen LogP contribution in [0.1, 0.15) is 0 Å². The maximum Gasteiger partial charge on any atom is 0.160 e. The van der Waals surface area contributed by atoms with Crippen LogP contribution in [-0.2, 0) is 0 Å². The summed E-state index contributed by atoms with van der Waals surface area (Å²) in [6.45, 7) is 0. The Morgan fingerprint density at radius 3 is 1.70 bits per heavy atom. The molecule has 0 amide bonds. The number of hydrogen-bond donors (Lipinski definition) is 0. The first-order valence-electron chi connectivity index (χ1n) is 18.2. The molecule has 0 saturated heterocycles. The number of aromatic nitrogens is 3. The van der Waals surface area contributed by atoms with E-state index >= 15 is 0 Å². The SMILES string of the molecule is c1ccc(-c2ccc3c(c2)c2cc(-c4cccc(-c5nc(-c6ccccc6)c6c(ccc7sc8ccccc8c76)n5)c4)ccc2n3-c2ccccc2)cc1. The highest BCUT2D eigenvalue weighted by atomic mass is 32.1. The van der Waals surface area contributed by atoms with E-state index in [1.165, 1.54) is 53.1 Å². The number of nitrogens with zero attached hydrogens (tertiary/aromatic N) is 3. The Hall–Kier alpha value is -6.88. The highest BCUT2D eigenvalue weighted by Crippen LogP contribution is 2.42. The first-order valence-corrected chi connectivity index (χ1v) is 19.1. The predicted molar refractivity (Wildman–Crippen MR) is 229 cm³/mol. The van der Waals surface area contributed by atoms with Gasteiger partial charge in [0.05, 0.1) is 22.2 Å². The summed E-state index contributed by atoms with van der Waals surface area (Å²) in [4.78, 5) is 10.6. The first-order chi connectivity index (χ1) is 26.8. The van der Waals surface area contributed by atoms with Gasteiger partial charge in [0.2, 0.25) is 0 Å². The fourth-order valence-corrected chi connectivity index (χ4v) is 9.19. The summed E-state index contributed by atoms with van der Waals surface area (Å²) in [5, 5.41) is 6.02. The Bertz CT molecular complexity index is 3200. The van der Waals surface area contributed by atoms with Crippen molar-refractivity contribution in [1.29, 1.82) is 0 Å². The normalized spacial score (nSPS) is 11.7. The van der Waals surface area contributed by atoms with Crippen molar-refractivity contribution in [3.63, 3.8) is 0 Å². The van der Waals surface area contributed by atoms with Crippen molar-refractivity contribution < 1.29 is 0 Å². The van der Waals surface area contributed by atoms with Crippen LogP contribution in [0.2, 0.25) is 0 Å². The molecule has 3 heterocycles. The van der Waals surface area contributed by atoms with E-state index in [1.54, 1.807) is 0 Å². The molecule has 252 valence electrons. The van der Waals surface area contributed by atoms with Gasteiger partial charge in [0.1, 0.15) is 0 Å². The van der Waals surface area contributed by atoms with E-state index in [0.717, 1.165) is 50.4 Å². The zero-order valence-corrected chi connectivity index (χ0v) is 30.0. The van der Waals surface area contributed by atoms with Crippen LogP contribution in [0.3, 0.4) is 0 Å². The van der Waals surface area contributed by atoms with Gasteiger partial charge in [0.15, 0.2) is 5.82 Å². The van der Waals surface area contributed by atoms with Crippen LogP contribution >= 0.6 is 11.3 Å². The summed E-state index contributed by atoms with van der Waals surface area (Å²) < 4.78 is 4.90. The van der Waals surface area contributed by atoms with Crippen molar-refractivity contribution >= 4 is 64.2 Å². The van der Waals surface area contributed by atoms with E-state index in [4.69, 9.17) is 9.97 Å². The third-order valence-electron chi connectivity index (χ3n) is 10.6. The molecule has 54 heavy (non-hydrogen) atoms. The molecule has 3 nitrogen and oxygen atoms in total. The lowest BCUT2D eigenvalue weighted by Crippen LogP contribution is -1.96. The Labute approximate surface area is 316 Å². The quantitative estimate of drug-likeness (QED) is 0.178. The summed E-state index contributed by atoms with van der Waals surface area (Å²) in [6, 6.07) is 67.2. The van der Waals surface area contributed by atoms with Gasteiger partial charge in [-0.1, -0.05) is 127 Å². The summed E-state index contributed by atoms with van der Waals surface area (Å²) in [7, 11) is 0. The Balaban J connectivity index is 1.09. The van der Waals surface area contributed by atoms with Crippen molar-refractivity contribution in [2.24, 2.45) is 0 Å². The molecule has 0 aliphatic carbocycles. The molecule has 4 heteroatoms. The monoisotopic (exact) mass is 705 g/mol. The number of benzene rings is 8. The van der Waals surface area contributed by atoms with Gasteiger partial charge in [0, 0.05) is 53.1 Å². The van der Waals surface area contributed by atoms with Crippen molar-refractivity contribution in [1.82, 2.24) is 14.5 Å². The van der Waals surface area contributed by atoms with Crippen molar-refractivity contribution in [2.45, 2.75) is 0 Å². The van der Waals surface area contributed by atoms with E-state index in [0.29, 0.717) is 0 Å². The van der Waals surface area contributed by atoms with Crippen molar-refractivity contribution in [3.05, 3.63) is 188 Å². The van der Waals surface area contributed by atoms with Crippen LogP contribution < -0.4 is 0 Å². The Morgan fingerprint density at radius 1 is 0.370 bits per heavy atom. The molecular weight excluding hydrogens is 675 g/mol. The second kappa shape index (κ2) is 12.4. The standard InChI is InChI=1S/C50H31N3S/c1-4-13-32(14-5-1)35-23-26-43-40(30-35)41-31-36(24-27-44(41)53(43)38-19-8-3-9-20-38)34-17-12-18-37(29-34)50-51-42-25-28-46-47(39-21-10-11-22-45(39)54-46)48(42)49(52-50)33-15-6-2-7-16-33/h1-31H. The van der Waals surface area contributed by atoms with Gasteiger partial charge in [-0.3, -0.25) is 0 Å². The lowest BCUT2D eigenvalue weighted by atomic mass is 9.98. The van der Waals surface area contributed by atoms with E-state index in [2.05, 4.69) is 193 Å². The van der Waals surface area contributed by atoms with Crippen LogP contribution in [0.5, 0.6) is 0 Å². The summed E-state index contributed by atoms with van der Waals surface area (Å²) >= 11 is 1.82. The maximum absolute atomic E-state index is 5.37. The summed E-state index contributed by atoms with van der Waals surface area (Å²) in [6.07, 6.45) is 0. The zero-order chi connectivity index (χ0) is 35.6. The molecule has 0 aliphatic rings. The van der Waals surface area contributed by atoms with Crippen LogP contribution in [0.15, 0.2) is 188 Å². The average molecular weight is 706 g/mol. The van der Waals surface area contributed by atoms with Gasteiger partial charge in [-0.25, -0.2) is 9.97 Å². The first kappa shape index (κ1) is 30.7. The molecule has 11 rings (SSSR count). The lowest BCUT2D eigenvalue weighted by molar-refractivity contribution is 1.18. The maximum atomic E-state index is 5.37. The highest BCUT2D eigenvalue weighted by Gasteiger charge is 2.19. The largest absolute Gasteiger partial charge is 0.309 e. The number of thiophene rings is 1. The van der Waals surface area contributed by atoms with E-state index in [9.17, 15) is 0 Å². The molecule has 0 saturated carbocycles. The molecule has 0 bridgehead atoms. The van der Waals surface area contributed by atoms with Gasteiger partial charge < -0.3 is 4.57 Å². The van der Waals surface area contributed by atoms with Crippen LogP contribution in [0.4, 0.5) is 0 Å². The molecule has 0 atom stereocenters. The molecule has 0 unspecified atom stereocenters. The number of para-hydroxylation sites is 1. The summed E-state index contributed by atoms with van der Waals surface area (Å²) in [5.74, 6) is 0.719. The van der Waals surface area contributed by atoms with E-state index < -0.39 is 0 Å². The molecule has 0 radical (unpaired) electrons. The molecule has 11 aromatic rings. The minimum absolute atomic E-state index is 0.719.